The predicted octanol–water partition coefficient (Wildman–Crippen LogP) is 9.04. The van der Waals surface area contributed by atoms with Crippen LogP contribution in [0.3, 0.4) is 0 Å². The normalized spacial score (nSPS) is 53.9. The van der Waals surface area contributed by atoms with E-state index in [0.29, 0.717) is 0 Å². The average molecular weight is 547 g/mol. The van der Waals surface area contributed by atoms with Gasteiger partial charge in [0.1, 0.15) is 0 Å². The van der Waals surface area contributed by atoms with E-state index in [1.54, 1.807) is 121 Å². The van der Waals surface area contributed by atoms with Gasteiger partial charge in [-0.3, -0.25) is 0 Å². The molecule has 13 rings (SSSR count). The van der Waals surface area contributed by atoms with Gasteiger partial charge in [0.05, 0.1) is 0 Å². The molecule has 3 heterocycles. The molecule has 206 valence electrons. The summed E-state index contributed by atoms with van der Waals surface area (Å²) in [4.78, 5) is 0. The molecule has 2 heteroatoms. The Labute approximate surface area is 234 Å². The molecule has 12 bridgehead atoms. The van der Waals surface area contributed by atoms with E-state index >= 15 is 0 Å². The van der Waals surface area contributed by atoms with E-state index in [4.69, 9.17) is 0 Å². The minimum absolute atomic E-state index is 0.0795. The van der Waals surface area contributed by atoms with Crippen LogP contribution < -0.4 is 5.30 Å². The number of hydrogen-bond donors (Lipinski definition) is 0. The summed E-state index contributed by atoms with van der Waals surface area (Å²) in [6, 6.07) is 10.5. The van der Waals surface area contributed by atoms with Crippen LogP contribution >= 0.6 is 15.2 Å². The molecule has 0 atom stereocenters. The van der Waals surface area contributed by atoms with E-state index in [-0.39, 0.29) is 7.92 Å². The molecule has 38 heavy (non-hydrogen) atoms. The van der Waals surface area contributed by atoms with Gasteiger partial charge in [-0.1, -0.05) is 0 Å². The third-order valence-electron chi connectivity index (χ3n) is 15.1. The summed E-state index contributed by atoms with van der Waals surface area (Å²) in [5.41, 5.74) is 1.96. The first-order valence-corrected chi connectivity index (χ1v) is 21.5. The van der Waals surface area contributed by atoms with Crippen molar-refractivity contribution in [1.29, 1.82) is 0 Å². The van der Waals surface area contributed by atoms with Gasteiger partial charge in [-0.25, -0.2) is 0 Å². The van der Waals surface area contributed by atoms with Crippen LogP contribution in [0.5, 0.6) is 0 Å². The van der Waals surface area contributed by atoms with Crippen molar-refractivity contribution in [3.8, 4) is 0 Å². The molecule has 0 N–H and O–H groups in total. The first-order chi connectivity index (χ1) is 18.5. The summed E-state index contributed by atoms with van der Waals surface area (Å²) in [5, 5.41) is 3.61. The first kappa shape index (κ1) is 23.6. The third kappa shape index (κ3) is 3.41. The van der Waals surface area contributed by atoms with E-state index in [1.807, 2.05) is 10.9 Å². The maximum atomic E-state index is 2.75. The minimum atomic E-state index is -1.30. The van der Waals surface area contributed by atoms with Crippen LogP contribution in [0.4, 0.5) is 0 Å². The average Bonchev–Trinajstić information content (AvgIpc) is 2.85. The standard InChI is InChI=1S/C36H52P2/c1-2-4-34(38-21-30-11-31(22-38)13-32(12-30)23-38)33(3-1)20-37(35-14-24-5-25(15-35)7-26(6-24)16-35)36-17-27-8-28(18-36)10-29(9-27)19-36/h1-4,24-32,38H,5-23H2. The molecule has 12 aliphatic rings. The Hall–Kier alpha value is 0.0800. The predicted molar refractivity (Wildman–Crippen MR) is 166 cm³/mol. The summed E-state index contributed by atoms with van der Waals surface area (Å²) < 4.78 is 0. The van der Waals surface area contributed by atoms with Crippen LogP contribution in [0.1, 0.15) is 102 Å². The van der Waals surface area contributed by atoms with Gasteiger partial charge >= 0.3 is 235 Å². The van der Waals surface area contributed by atoms with Gasteiger partial charge in [0.25, 0.3) is 0 Å². The number of benzene rings is 1. The zero-order valence-corrected chi connectivity index (χ0v) is 25.8. The van der Waals surface area contributed by atoms with Crippen LogP contribution in [-0.2, 0) is 6.16 Å². The second-order valence-corrected chi connectivity index (χ2v) is 25.1. The van der Waals surface area contributed by atoms with Crippen LogP contribution in [0.2, 0.25) is 0 Å². The molecule has 9 aliphatic carbocycles. The van der Waals surface area contributed by atoms with Gasteiger partial charge in [0.15, 0.2) is 0 Å². The van der Waals surface area contributed by atoms with E-state index in [9.17, 15) is 0 Å². The van der Waals surface area contributed by atoms with Crippen molar-refractivity contribution < 1.29 is 0 Å². The number of hydrogen-bond acceptors (Lipinski definition) is 0. The Kier molecular flexibility index (Phi) is 5.05. The van der Waals surface area contributed by atoms with Crippen molar-refractivity contribution in [2.24, 2.45) is 53.3 Å². The molecule has 3 saturated heterocycles. The van der Waals surface area contributed by atoms with Crippen LogP contribution in [0, 0.1) is 53.3 Å². The maximum absolute atomic E-state index is 2.75. The molecule has 0 radical (unpaired) electrons. The Balaban J connectivity index is 1.08. The Morgan fingerprint density at radius 3 is 1.32 bits per heavy atom. The van der Waals surface area contributed by atoms with Gasteiger partial charge in [-0.2, -0.15) is 0 Å². The molecule has 1 aromatic carbocycles. The molecule has 0 unspecified atom stereocenters. The number of rotatable bonds is 5. The second kappa shape index (κ2) is 8.12. The summed E-state index contributed by atoms with van der Waals surface area (Å²) in [7, 11) is -1.22. The van der Waals surface area contributed by atoms with E-state index in [2.05, 4.69) is 24.3 Å². The summed E-state index contributed by atoms with van der Waals surface area (Å²) >= 11 is 0. The van der Waals surface area contributed by atoms with Crippen LogP contribution in [0.25, 0.3) is 0 Å². The fourth-order valence-corrected chi connectivity index (χ4v) is 27.5. The monoisotopic (exact) mass is 546 g/mol. The van der Waals surface area contributed by atoms with E-state index in [1.165, 1.54) is 0 Å². The second-order valence-electron chi connectivity index (χ2n) is 17.7. The zero-order chi connectivity index (χ0) is 24.7. The van der Waals surface area contributed by atoms with Crippen molar-refractivity contribution in [2.45, 2.75) is 113 Å². The molecule has 12 fully saturated rings. The molecule has 0 spiro atoms. The van der Waals surface area contributed by atoms with Gasteiger partial charge in [-0.15, -0.1) is 0 Å². The van der Waals surface area contributed by atoms with Crippen LogP contribution in [-0.4, -0.2) is 28.8 Å². The Morgan fingerprint density at radius 1 is 0.526 bits per heavy atom. The summed E-state index contributed by atoms with van der Waals surface area (Å²) in [5.74, 6) is 10.1. The molecule has 0 amide bonds. The van der Waals surface area contributed by atoms with Gasteiger partial charge in [0.2, 0.25) is 0 Å². The quantitative estimate of drug-likeness (QED) is 0.323. The SMILES string of the molecule is c1ccc([PH]23CC4CC(CC(C4)C2)C3)c(CP(C23CC4CC(CC(C4)C2)C3)C23CC4CC(CC(C4)C2)C3)c1. The van der Waals surface area contributed by atoms with Crippen molar-refractivity contribution in [1.82, 2.24) is 0 Å². The molecule has 0 nitrogen and oxygen atoms in total. The van der Waals surface area contributed by atoms with Gasteiger partial charge in [-0.05, 0) is 0 Å². The molecular weight excluding hydrogens is 494 g/mol. The topological polar surface area (TPSA) is 0 Å². The van der Waals surface area contributed by atoms with Crippen LogP contribution in [0.15, 0.2) is 24.3 Å². The summed E-state index contributed by atoms with van der Waals surface area (Å²) in [6.07, 6.45) is 31.2. The molecular formula is C36H52P2. The first-order valence-electron chi connectivity index (χ1n) is 17.4. The zero-order valence-electron chi connectivity index (χ0n) is 23.9. The van der Waals surface area contributed by atoms with Crippen molar-refractivity contribution in [3.63, 3.8) is 0 Å². The molecule has 3 aliphatic heterocycles. The van der Waals surface area contributed by atoms with E-state index in [0.717, 1.165) is 63.6 Å². The van der Waals surface area contributed by atoms with Crippen molar-refractivity contribution >= 4 is 20.5 Å². The van der Waals surface area contributed by atoms with Crippen molar-refractivity contribution in [3.05, 3.63) is 29.8 Å². The molecule has 9 saturated carbocycles. The van der Waals surface area contributed by atoms with E-state index < -0.39 is 7.26 Å². The molecule has 1 aromatic rings. The van der Waals surface area contributed by atoms with Gasteiger partial charge < -0.3 is 0 Å². The fourth-order valence-electron chi connectivity index (χ4n) is 15.4. The van der Waals surface area contributed by atoms with Crippen molar-refractivity contribution in [2.75, 3.05) is 18.5 Å². The Bertz CT molecular complexity index is 982. The molecule has 0 aromatic heterocycles. The Morgan fingerprint density at radius 2 is 0.895 bits per heavy atom. The summed E-state index contributed by atoms with van der Waals surface area (Å²) in [6.45, 7) is 0. The van der Waals surface area contributed by atoms with Gasteiger partial charge in [0, 0.05) is 0 Å². The third-order valence-corrected chi connectivity index (χ3v) is 24.9. The fraction of sp³-hybridized carbons (Fsp3) is 0.833.